The van der Waals surface area contributed by atoms with Crippen LogP contribution < -0.4 is 0 Å². The van der Waals surface area contributed by atoms with Crippen molar-refractivity contribution in [1.82, 2.24) is 4.98 Å². The molecule has 0 aliphatic carbocycles. The zero-order chi connectivity index (χ0) is 10.1. The summed E-state index contributed by atoms with van der Waals surface area (Å²) >= 11 is 8.12. The van der Waals surface area contributed by atoms with E-state index in [1.165, 1.54) is 11.3 Å². The fourth-order valence-corrected chi connectivity index (χ4v) is 2.95. The molecule has 0 fully saturated rings. The topological polar surface area (TPSA) is 36.0 Å². The number of hydrogen-bond donors (Lipinski definition) is 2. The molecule has 2 N–H and O–H groups in total. The number of H-pyrrole nitrogens is 1. The maximum Gasteiger partial charge on any atom is 0.158 e. The average Bonchev–Trinajstić information content (AvgIpc) is 2.70. The highest BCUT2D eigenvalue weighted by Crippen LogP contribution is 2.31. The fourth-order valence-electron chi connectivity index (χ4n) is 1.12. The number of thiazole rings is 1. The Labute approximate surface area is 94.9 Å². The third-order valence-electron chi connectivity index (χ3n) is 1.82. The van der Waals surface area contributed by atoms with Crippen LogP contribution in [0, 0.1) is 3.95 Å². The minimum Gasteiger partial charge on any atom is -0.388 e. The van der Waals surface area contributed by atoms with E-state index in [2.05, 4.69) is 4.98 Å². The van der Waals surface area contributed by atoms with Crippen molar-refractivity contribution in [3.63, 3.8) is 0 Å². The molecule has 2 rings (SSSR count). The van der Waals surface area contributed by atoms with E-state index in [0.717, 1.165) is 19.4 Å². The Morgan fingerprint density at radius 2 is 2.29 bits per heavy atom. The van der Waals surface area contributed by atoms with Gasteiger partial charge >= 0.3 is 0 Å². The first-order chi connectivity index (χ1) is 6.66. The summed E-state index contributed by atoms with van der Waals surface area (Å²) in [5, 5.41) is 11.4. The number of nitrogens with one attached hydrogen (secondary N) is 1. The summed E-state index contributed by atoms with van der Waals surface area (Å²) in [6, 6.07) is 3.94. The van der Waals surface area contributed by atoms with Crippen LogP contribution in [0.3, 0.4) is 0 Å². The molecule has 2 nitrogen and oxygen atoms in total. The summed E-state index contributed by atoms with van der Waals surface area (Å²) in [7, 11) is 0. The number of aliphatic hydroxyl groups excluding tert-OH is 1. The molecule has 0 spiro atoms. The number of aromatic nitrogens is 1. The van der Waals surface area contributed by atoms with E-state index < -0.39 is 6.10 Å². The number of hydrogen-bond acceptors (Lipinski definition) is 4. The first-order valence-electron chi connectivity index (χ1n) is 4.13. The van der Waals surface area contributed by atoms with Crippen LogP contribution in [0.4, 0.5) is 0 Å². The van der Waals surface area contributed by atoms with E-state index in [1.807, 2.05) is 17.5 Å². The minimum absolute atomic E-state index is 0.393. The van der Waals surface area contributed by atoms with Crippen LogP contribution in [0.2, 0.25) is 0 Å². The van der Waals surface area contributed by atoms with Gasteiger partial charge in [0, 0.05) is 10.3 Å². The molecule has 2 aromatic rings. The molecule has 74 valence electrons. The molecule has 5 heteroatoms. The van der Waals surface area contributed by atoms with Crippen LogP contribution in [-0.4, -0.2) is 10.1 Å². The second-order valence-corrected chi connectivity index (χ2v) is 5.60. The third kappa shape index (κ3) is 1.95. The van der Waals surface area contributed by atoms with E-state index in [0.29, 0.717) is 0 Å². The van der Waals surface area contributed by atoms with Gasteiger partial charge in [0.05, 0.1) is 16.7 Å². The Morgan fingerprint density at radius 3 is 2.79 bits per heavy atom. The average molecular weight is 243 g/mol. The minimum atomic E-state index is -0.393. The van der Waals surface area contributed by atoms with Crippen LogP contribution in [-0.2, 0) is 0 Å². The van der Waals surface area contributed by atoms with E-state index in [-0.39, 0.29) is 0 Å². The van der Waals surface area contributed by atoms with E-state index >= 15 is 0 Å². The Hall–Kier alpha value is -0.490. The normalized spacial score (nSPS) is 13.0. The van der Waals surface area contributed by atoms with Crippen molar-refractivity contribution in [1.29, 1.82) is 0 Å². The highest BCUT2D eigenvalue weighted by atomic mass is 32.1. The maximum absolute atomic E-state index is 9.37. The van der Waals surface area contributed by atoms with Crippen molar-refractivity contribution in [2.24, 2.45) is 0 Å². The molecule has 1 unspecified atom stereocenters. The van der Waals surface area contributed by atoms with Gasteiger partial charge in [0.15, 0.2) is 3.95 Å². The summed E-state index contributed by atoms with van der Waals surface area (Å²) in [6.45, 7) is 1.77. The largest absolute Gasteiger partial charge is 0.388 e. The highest BCUT2D eigenvalue weighted by molar-refractivity contribution is 7.73. The highest BCUT2D eigenvalue weighted by Gasteiger charge is 2.07. The lowest BCUT2D eigenvalue weighted by atomic mass is 10.3. The van der Waals surface area contributed by atoms with Gasteiger partial charge in [0.1, 0.15) is 0 Å². The van der Waals surface area contributed by atoms with Gasteiger partial charge < -0.3 is 10.1 Å². The summed E-state index contributed by atoms with van der Waals surface area (Å²) in [6.07, 6.45) is -0.393. The lowest BCUT2D eigenvalue weighted by molar-refractivity contribution is 0.203. The van der Waals surface area contributed by atoms with E-state index in [1.54, 1.807) is 18.3 Å². The van der Waals surface area contributed by atoms with Crippen LogP contribution in [0.1, 0.15) is 17.9 Å². The van der Waals surface area contributed by atoms with Gasteiger partial charge in [-0.1, -0.05) is 0 Å². The predicted molar refractivity (Wildman–Crippen MR) is 63.5 cm³/mol. The zero-order valence-electron chi connectivity index (χ0n) is 7.48. The molecule has 14 heavy (non-hydrogen) atoms. The fraction of sp³-hybridized carbons (Fsp3) is 0.222. The van der Waals surface area contributed by atoms with Crippen molar-refractivity contribution in [3.8, 4) is 10.6 Å². The summed E-state index contributed by atoms with van der Waals surface area (Å²) in [4.78, 5) is 5.20. The maximum atomic E-state index is 9.37. The molecule has 0 aliphatic rings. The SMILES string of the molecule is CC(O)c1ccc(-c2csc(=S)[nH]2)s1. The van der Waals surface area contributed by atoms with Crippen molar-refractivity contribution in [2.45, 2.75) is 13.0 Å². The standard InChI is InChI=1S/C9H9NOS3/c1-5(11)7-2-3-8(14-7)6-4-13-9(12)10-6/h2-5,11H,1H3,(H,10,12). The lowest BCUT2D eigenvalue weighted by Gasteiger charge is -1.96. The number of rotatable bonds is 2. The molecule has 0 saturated carbocycles. The molecule has 2 heterocycles. The molecule has 0 aliphatic heterocycles. The zero-order valence-corrected chi connectivity index (χ0v) is 9.93. The quantitative estimate of drug-likeness (QED) is 0.791. The van der Waals surface area contributed by atoms with Gasteiger partial charge in [-0.15, -0.1) is 22.7 Å². The first-order valence-corrected chi connectivity index (χ1v) is 6.23. The molecule has 0 amide bonds. The lowest BCUT2D eigenvalue weighted by Crippen LogP contribution is -1.83. The molecule has 0 bridgehead atoms. The number of aliphatic hydroxyl groups is 1. The number of aromatic amines is 1. The van der Waals surface area contributed by atoms with Crippen molar-refractivity contribution in [2.75, 3.05) is 0 Å². The van der Waals surface area contributed by atoms with Crippen LogP contribution in [0.25, 0.3) is 10.6 Å². The Balaban J connectivity index is 2.38. The van der Waals surface area contributed by atoms with Crippen molar-refractivity contribution >= 4 is 34.9 Å². The van der Waals surface area contributed by atoms with E-state index in [4.69, 9.17) is 12.2 Å². The van der Waals surface area contributed by atoms with Gasteiger partial charge in [-0.05, 0) is 31.3 Å². The first kappa shape index (κ1) is 10.0. The second-order valence-electron chi connectivity index (χ2n) is 2.94. The van der Waals surface area contributed by atoms with E-state index in [9.17, 15) is 5.11 Å². The molecule has 0 saturated heterocycles. The summed E-state index contributed by atoms with van der Waals surface area (Å²) in [5.41, 5.74) is 1.04. The van der Waals surface area contributed by atoms with Gasteiger partial charge in [-0.2, -0.15) is 0 Å². The van der Waals surface area contributed by atoms with Crippen LogP contribution in [0.5, 0.6) is 0 Å². The van der Waals surface area contributed by atoms with Crippen LogP contribution in [0.15, 0.2) is 17.5 Å². The molecule has 0 aromatic carbocycles. The van der Waals surface area contributed by atoms with Gasteiger partial charge in [0.25, 0.3) is 0 Å². The monoisotopic (exact) mass is 243 g/mol. The van der Waals surface area contributed by atoms with Crippen molar-refractivity contribution < 1.29 is 5.11 Å². The third-order valence-corrected chi connectivity index (χ3v) is 4.17. The summed E-state index contributed by atoms with van der Waals surface area (Å²) < 4.78 is 0.784. The van der Waals surface area contributed by atoms with Crippen molar-refractivity contribution in [3.05, 3.63) is 26.3 Å². The molecule has 0 radical (unpaired) electrons. The smallest absolute Gasteiger partial charge is 0.158 e. The molecule has 1 atom stereocenters. The Kier molecular flexibility index (Phi) is 2.83. The van der Waals surface area contributed by atoms with Gasteiger partial charge in [-0.25, -0.2) is 0 Å². The second kappa shape index (κ2) is 3.94. The summed E-state index contributed by atoms with van der Waals surface area (Å²) in [5.74, 6) is 0. The predicted octanol–water partition coefficient (Wildman–Crippen LogP) is 3.59. The van der Waals surface area contributed by atoms with Crippen LogP contribution >= 0.6 is 34.9 Å². The van der Waals surface area contributed by atoms with Gasteiger partial charge in [0.2, 0.25) is 0 Å². The Bertz CT molecular complexity index is 480. The molecular formula is C9H9NOS3. The number of thiophene rings is 1. The Morgan fingerprint density at radius 1 is 1.50 bits per heavy atom. The molecular weight excluding hydrogens is 234 g/mol. The molecule has 2 aromatic heterocycles. The van der Waals surface area contributed by atoms with Gasteiger partial charge in [-0.3, -0.25) is 0 Å².